The summed E-state index contributed by atoms with van der Waals surface area (Å²) in [7, 11) is 0. The molecule has 0 aliphatic carbocycles. The third-order valence-electron chi connectivity index (χ3n) is 6.09. The summed E-state index contributed by atoms with van der Waals surface area (Å²) in [5, 5.41) is 4.72. The predicted molar refractivity (Wildman–Crippen MR) is 124 cm³/mol. The number of allylic oxidation sites excluding steroid dienone is 1. The Bertz CT molecular complexity index is 1230. The molecule has 0 saturated carbocycles. The minimum Gasteiger partial charge on any atom is -0.381 e. The summed E-state index contributed by atoms with van der Waals surface area (Å²) in [5.74, 6) is -0.357. The van der Waals surface area contributed by atoms with Crippen molar-refractivity contribution in [3.63, 3.8) is 0 Å². The van der Waals surface area contributed by atoms with E-state index in [1.165, 1.54) is 11.8 Å². The fourth-order valence-electron chi connectivity index (χ4n) is 4.49. The SMILES string of the molecule is CC(=O)N1/C(=C/c2cc(CNC3CCOCC3)c3ccccc3n2)C(=O)c2ccccc21. The van der Waals surface area contributed by atoms with E-state index in [1.807, 2.05) is 36.4 Å². The number of carbonyl (C=O) groups is 2. The Balaban J connectivity index is 1.53. The van der Waals surface area contributed by atoms with E-state index < -0.39 is 0 Å². The molecule has 162 valence electrons. The van der Waals surface area contributed by atoms with Crippen LogP contribution in [0.15, 0.2) is 60.3 Å². The van der Waals surface area contributed by atoms with E-state index in [-0.39, 0.29) is 11.7 Å². The van der Waals surface area contributed by atoms with Crippen LogP contribution in [0.1, 0.15) is 41.4 Å². The molecular weight excluding hydrogens is 402 g/mol. The lowest BCUT2D eigenvalue weighted by atomic mass is 10.0. The number of anilines is 1. The fraction of sp³-hybridized carbons (Fsp3) is 0.269. The number of amides is 1. The molecular formula is C26H25N3O3. The summed E-state index contributed by atoms with van der Waals surface area (Å²) >= 11 is 0. The van der Waals surface area contributed by atoms with Gasteiger partial charge in [-0.25, -0.2) is 4.98 Å². The van der Waals surface area contributed by atoms with E-state index >= 15 is 0 Å². The van der Waals surface area contributed by atoms with Crippen LogP contribution in [0.4, 0.5) is 5.69 Å². The molecule has 1 aromatic heterocycles. The van der Waals surface area contributed by atoms with E-state index in [1.54, 1.807) is 18.2 Å². The van der Waals surface area contributed by atoms with Gasteiger partial charge in [-0.3, -0.25) is 14.5 Å². The Morgan fingerprint density at radius 3 is 2.72 bits per heavy atom. The number of hydrogen-bond acceptors (Lipinski definition) is 5. The summed E-state index contributed by atoms with van der Waals surface area (Å²) in [6.45, 7) is 3.75. The van der Waals surface area contributed by atoms with Gasteiger partial charge < -0.3 is 10.1 Å². The van der Waals surface area contributed by atoms with Gasteiger partial charge in [-0.2, -0.15) is 0 Å². The number of nitrogens with zero attached hydrogens (tertiary/aromatic N) is 2. The Labute approximate surface area is 186 Å². The molecule has 1 N–H and O–H groups in total. The smallest absolute Gasteiger partial charge is 0.228 e. The number of hydrogen-bond donors (Lipinski definition) is 1. The van der Waals surface area contributed by atoms with Crippen molar-refractivity contribution in [3.8, 4) is 0 Å². The third-order valence-corrected chi connectivity index (χ3v) is 6.09. The van der Waals surface area contributed by atoms with Gasteiger partial charge in [0, 0.05) is 43.7 Å². The largest absolute Gasteiger partial charge is 0.381 e. The first-order valence-corrected chi connectivity index (χ1v) is 11.0. The number of carbonyl (C=O) groups excluding carboxylic acids is 2. The minimum absolute atomic E-state index is 0.160. The standard InChI is InChI=1S/C26H25N3O3/c1-17(30)29-24-9-5-3-7-22(24)26(31)25(29)15-20-14-18(16-27-19-10-12-32-13-11-19)21-6-2-4-8-23(21)28-20/h2-9,14-15,19,27H,10-13,16H2,1H3/b25-15+. The minimum atomic E-state index is -0.197. The van der Waals surface area contributed by atoms with Gasteiger partial charge in [-0.05, 0) is 48.7 Å². The average molecular weight is 428 g/mol. The molecule has 1 saturated heterocycles. The number of fused-ring (bicyclic) bond motifs is 2. The van der Waals surface area contributed by atoms with Gasteiger partial charge >= 0.3 is 0 Å². The molecule has 32 heavy (non-hydrogen) atoms. The second-order valence-corrected chi connectivity index (χ2v) is 8.22. The Morgan fingerprint density at radius 1 is 1.16 bits per heavy atom. The van der Waals surface area contributed by atoms with E-state index in [9.17, 15) is 9.59 Å². The molecule has 2 aliphatic rings. The van der Waals surface area contributed by atoms with Gasteiger partial charge in [0.1, 0.15) is 0 Å². The van der Waals surface area contributed by atoms with Crippen molar-refractivity contribution >= 4 is 34.4 Å². The molecule has 2 aliphatic heterocycles. The number of aromatic nitrogens is 1. The van der Waals surface area contributed by atoms with Gasteiger partial charge in [0.05, 0.1) is 22.6 Å². The first-order valence-electron chi connectivity index (χ1n) is 11.0. The van der Waals surface area contributed by atoms with Crippen LogP contribution in [0.3, 0.4) is 0 Å². The molecule has 6 heteroatoms. The van der Waals surface area contributed by atoms with Crippen molar-refractivity contribution in [1.82, 2.24) is 10.3 Å². The predicted octanol–water partition coefficient (Wildman–Crippen LogP) is 4.09. The third kappa shape index (κ3) is 3.83. The fourth-order valence-corrected chi connectivity index (χ4v) is 4.49. The van der Waals surface area contributed by atoms with E-state index in [2.05, 4.69) is 11.4 Å². The Kier molecular flexibility index (Phi) is 5.55. The zero-order chi connectivity index (χ0) is 22.1. The van der Waals surface area contributed by atoms with Crippen molar-refractivity contribution in [2.24, 2.45) is 0 Å². The number of nitrogens with one attached hydrogen (secondary N) is 1. The highest BCUT2D eigenvalue weighted by atomic mass is 16.5. The molecule has 6 nitrogen and oxygen atoms in total. The summed E-state index contributed by atoms with van der Waals surface area (Å²) in [5.41, 5.74) is 4.14. The molecule has 0 unspecified atom stereocenters. The maximum Gasteiger partial charge on any atom is 0.228 e. The average Bonchev–Trinajstić information content (AvgIpc) is 3.10. The van der Waals surface area contributed by atoms with E-state index in [0.29, 0.717) is 35.2 Å². The van der Waals surface area contributed by atoms with Crippen LogP contribution in [-0.2, 0) is 16.1 Å². The number of rotatable bonds is 4. The topological polar surface area (TPSA) is 71.5 Å². The molecule has 3 heterocycles. The highest BCUT2D eigenvalue weighted by molar-refractivity contribution is 6.26. The Hall–Kier alpha value is -3.35. The van der Waals surface area contributed by atoms with E-state index in [4.69, 9.17) is 9.72 Å². The maximum absolute atomic E-state index is 13.1. The van der Waals surface area contributed by atoms with Crippen LogP contribution in [0.25, 0.3) is 17.0 Å². The molecule has 0 bridgehead atoms. The van der Waals surface area contributed by atoms with Crippen LogP contribution in [0.5, 0.6) is 0 Å². The first-order chi connectivity index (χ1) is 15.6. The van der Waals surface area contributed by atoms with Crippen LogP contribution in [-0.4, -0.2) is 35.9 Å². The summed E-state index contributed by atoms with van der Waals surface area (Å²) < 4.78 is 5.46. The van der Waals surface area contributed by atoms with Crippen molar-refractivity contribution in [3.05, 3.63) is 77.1 Å². The van der Waals surface area contributed by atoms with Gasteiger partial charge in [-0.1, -0.05) is 30.3 Å². The summed E-state index contributed by atoms with van der Waals surface area (Å²) in [6, 6.07) is 17.6. The molecule has 0 atom stereocenters. The van der Waals surface area contributed by atoms with Crippen molar-refractivity contribution in [2.75, 3.05) is 18.1 Å². The lowest BCUT2D eigenvalue weighted by molar-refractivity contribution is -0.116. The van der Waals surface area contributed by atoms with Gasteiger partial charge in [0.25, 0.3) is 0 Å². The zero-order valence-corrected chi connectivity index (χ0v) is 18.0. The molecule has 3 aromatic rings. The molecule has 1 fully saturated rings. The molecule has 0 radical (unpaired) electrons. The van der Waals surface area contributed by atoms with Crippen LogP contribution < -0.4 is 10.2 Å². The lowest BCUT2D eigenvalue weighted by Gasteiger charge is -2.23. The summed E-state index contributed by atoms with van der Waals surface area (Å²) in [6.07, 6.45) is 3.73. The monoisotopic (exact) mass is 427 g/mol. The van der Waals surface area contributed by atoms with Gasteiger partial charge in [-0.15, -0.1) is 0 Å². The molecule has 0 spiro atoms. The number of pyridine rings is 1. The van der Waals surface area contributed by atoms with Crippen molar-refractivity contribution < 1.29 is 14.3 Å². The normalized spacial score (nSPS) is 17.8. The van der Waals surface area contributed by atoms with Crippen molar-refractivity contribution in [2.45, 2.75) is 32.4 Å². The van der Waals surface area contributed by atoms with Crippen molar-refractivity contribution in [1.29, 1.82) is 0 Å². The van der Waals surface area contributed by atoms with Crippen LogP contribution >= 0.6 is 0 Å². The second kappa shape index (κ2) is 8.65. The number of para-hydroxylation sites is 2. The first kappa shape index (κ1) is 20.5. The zero-order valence-electron chi connectivity index (χ0n) is 18.0. The van der Waals surface area contributed by atoms with Gasteiger partial charge in [0.15, 0.2) is 0 Å². The number of benzene rings is 2. The maximum atomic E-state index is 13.1. The van der Waals surface area contributed by atoms with E-state index in [0.717, 1.165) is 42.5 Å². The van der Waals surface area contributed by atoms with Crippen LogP contribution in [0, 0.1) is 0 Å². The highest BCUT2D eigenvalue weighted by Gasteiger charge is 2.34. The second-order valence-electron chi connectivity index (χ2n) is 8.22. The number of ether oxygens (including phenoxy) is 1. The molecule has 1 amide bonds. The lowest BCUT2D eigenvalue weighted by Crippen LogP contribution is -2.34. The van der Waals surface area contributed by atoms with Gasteiger partial charge in [0.2, 0.25) is 11.7 Å². The highest BCUT2D eigenvalue weighted by Crippen LogP contribution is 2.35. The molecule has 2 aromatic carbocycles. The quantitative estimate of drug-likeness (QED) is 0.635. The number of ketones is 1. The molecule has 5 rings (SSSR count). The Morgan fingerprint density at radius 2 is 1.91 bits per heavy atom. The number of Topliss-reactive ketones (excluding diaryl/α,β-unsaturated/α-hetero) is 1. The summed E-state index contributed by atoms with van der Waals surface area (Å²) in [4.78, 5) is 31.7. The van der Waals surface area contributed by atoms with Crippen LogP contribution in [0.2, 0.25) is 0 Å².